The van der Waals surface area contributed by atoms with Crippen LogP contribution in [0.5, 0.6) is 0 Å². The Kier molecular flexibility index (Phi) is 3.54. The van der Waals surface area contributed by atoms with E-state index in [1.807, 2.05) is 13.0 Å². The van der Waals surface area contributed by atoms with Crippen LogP contribution in [0.25, 0.3) is 11.0 Å². The van der Waals surface area contributed by atoms with Crippen LogP contribution in [0.1, 0.15) is 17.3 Å². The summed E-state index contributed by atoms with van der Waals surface area (Å²) in [6, 6.07) is 5.34. The second-order valence-corrected chi connectivity index (χ2v) is 4.47. The predicted molar refractivity (Wildman–Crippen MR) is 67.2 cm³/mol. The van der Waals surface area contributed by atoms with E-state index in [1.165, 1.54) is 0 Å². The molecule has 2 aromatic rings. The van der Waals surface area contributed by atoms with E-state index in [-0.39, 0.29) is 11.3 Å². The van der Waals surface area contributed by atoms with E-state index >= 15 is 0 Å². The highest BCUT2D eigenvalue weighted by atomic mass is 35.5. The Morgan fingerprint density at radius 1 is 1.41 bits per heavy atom. The largest absolute Gasteiger partial charge is 0.350 e. The number of hydrogen-bond acceptors (Lipinski definition) is 3. The van der Waals surface area contributed by atoms with E-state index in [2.05, 4.69) is 15.3 Å². The fourth-order valence-electron chi connectivity index (χ4n) is 1.50. The molecule has 0 aliphatic carbocycles. The first-order valence-corrected chi connectivity index (χ1v) is 5.74. The summed E-state index contributed by atoms with van der Waals surface area (Å²) in [4.78, 5) is 20.2. The van der Waals surface area contributed by atoms with Gasteiger partial charge in [0.05, 0.1) is 11.1 Å². The lowest BCUT2D eigenvalue weighted by molar-refractivity contribution is 0.0955. The molecule has 1 atom stereocenters. The summed E-state index contributed by atoms with van der Waals surface area (Å²) in [6.45, 7) is 2.25. The topological polar surface area (TPSA) is 54.9 Å². The molecule has 88 valence electrons. The molecule has 1 heterocycles. The summed E-state index contributed by atoms with van der Waals surface area (Å²) >= 11 is 5.78. The van der Waals surface area contributed by atoms with Crippen molar-refractivity contribution in [3.05, 3.63) is 36.2 Å². The molecule has 0 aliphatic heterocycles. The average Bonchev–Trinajstić information content (AvgIpc) is 2.35. The second-order valence-electron chi connectivity index (χ2n) is 3.72. The van der Waals surface area contributed by atoms with Gasteiger partial charge < -0.3 is 5.32 Å². The Bertz CT molecular complexity index is 537. The van der Waals surface area contributed by atoms with Gasteiger partial charge in [0.25, 0.3) is 5.91 Å². The van der Waals surface area contributed by atoms with Gasteiger partial charge in [-0.2, -0.15) is 0 Å². The third kappa shape index (κ3) is 2.71. The van der Waals surface area contributed by atoms with Crippen molar-refractivity contribution in [3.63, 3.8) is 0 Å². The summed E-state index contributed by atoms with van der Waals surface area (Å²) in [5.74, 6) is -0.177. The van der Waals surface area contributed by atoms with Gasteiger partial charge in [-0.1, -0.05) is 6.07 Å². The Balaban J connectivity index is 2.32. The molecule has 0 fully saturated rings. The smallest absolute Gasteiger partial charge is 0.253 e. The Morgan fingerprint density at radius 2 is 2.18 bits per heavy atom. The van der Waals surface area contributed by atoms with E-state index < -0.39 is 0 Å². The first-order valence-electron chi connectivity index (χ1n) is 5.30. The zero-order chi connectivity index (χ0) is 12.3. The maximum Gasteiger partial charge on any atom is 0.253 e. The maximum absolute atomic E-state index is 11.9. The van der Waals surface area contributed by atoms with E-state index in [9.17, 15) is 4.79 Å². The third-order valence-corrected chi connectivity index (χ3v) is 2.44. The van der Waals surface area contributed by atoms with Gasteiger partial charge in [-0.05, 0) is 19.1 Å². The molecule has 0 saturated carbocycles. The van der Waals surface area contributed by atoms with E-state index in [4.69, 9.17) is 11.6 Å². The number of halogens is 1. The van der Waals surface area contributed by atoms with Gasteiger partial charge in [0.2, 0.25) is 0 Å². The molecule has 0 aliphatic rings. The minimum atomic E-state index is -0.177. The van der Waals surface area contributed by atoms with Crippen LogP contribution in [-0.4, -0.2) is 27.8 Å². The number of carbonyl (C=O) groups excluding carboxylic acids is 1. The molecular formula is C12H12ClN3O. The molecule has 0 spiro atoms. The number of nitrogens with zero attached hydrogens (tertiary/aromatic N) is 2. The Labute approximate surface area is 104 Å². The van der Waals surface area contributed by atoms with Crippen LogP contribution in [0.15, 0.2) is 30.6 Å². The van der Waals surface area contributed by atoms with Crippen LogP contribution in [0.2, 0.25) is 0 Å². The van der Waals surface area contributed by atoms with Crippen molar-refractivity contribution in [1.29, 1.82) is 0 Å². The van der Waals surface area contributed by atoms with Crippen LogP contribution in [0, 0.1) is 0 Å². The van der Waals surface area contributed by atoms with Crippen molar-refractivity contribution in [2.75, 3.05) is 6.54 Å². The lowest BCUT2D eigenvalue weighted by Crippen LogP contribution is -2.28. The van der Waals surface area contributed by atoms with Crippen molar-refractivity contribution in [3.8, 4) is 0 Å². The predicted octanol–water partition coefficient (Wildman–Crippen LogP) is 1.99. The Morgan fingerprint density at radius 3 is 2.94 bits per heavy atom. The molecule has 1 aromatic carbocycles. The van der Waals surface area contributed by atoms with Crippen molar-refractivity contribution in [2.24, 2.45) is 0 Å². The molecule has 1 N–H and O–H groups in total. The van der Waals surface area contributed by atoms with Gasteiger partial charge >= 0.3 is 0 Å². The summed E-state index contributed by atoms with van der Waals surface area (Å²) in [5.41, 5.74) is 1.83. The summed E-state index contributed by atoms with van der Waals surface area (Å²) in [7, 11) is 0. The van der Waals surface area contributed by atoms with E-state index in [0.717, 1.165) is 0 Å². The van der Waals surface area contributed by atoms with Gasteiger partial charge in [0.15, 0.2) is 0 Å². The number of carbonyl (C=O) groups is 1. The molecule has 2 rings (SSSR count). The number of fused-ring (bicyclic) bond motifs is 1. The first kappa shape index (κ1) is 11.8. The highest BCUT2D eigenvalue weighted by Crippen LogP contribution is 2.13. The van der Waals surface area contributed by atoms with Crippen molar-refractivity contribution >= 4 is 28.5 Å². The monoisotopic (exact) mass is 249 g/mol. The van der Waals surface area contributed by atoms with Crippen LogP contribution in [0.4, 0.5) is 0 Å². The first-order chi connectivity index (χ1) is 8.18. The molecule has 1 aromatic heterocycles. The highest BCUT2D eigenvalue weighted by molar-refractivity contribution is 6.20. The molecule has 0 saturated heterocycles. The summed E-state index contributed by atoms with van der Waals surface area (Å²) in [5, 5.41) is 2.65. The van der Waals surface area contributed by atoms with Crippen LogP contribution >= 0.6 is 11.6 Å². The number of benzene rings is 1. The minimum Gasteiger partial charge on any atom is -0.350 e. The van der Waals surface area contributed by atoms with Gasteiger partial charge in [-0.15, -0.1) is 11.6 Å². The van der Waals surface area contributed by atoms with E-state index in [0.29, 0.717) is 23.1 Å². The van der Waals surface area contributed by atoms with Gasteiger partial charge in [0.1, 0.15) is 5.52 Å². The zero-order valence-corrected chi connectivity index (χ0v) is 10.1. The number of aromatic nitrogens is 2. The fourth-order valence-corrected chi connectivity index (χ4v) is 1.58. The number of nitrogens with one attached hydrogen (secondary N) is 1. The SMILES string of the molecule is CC(Cl)CNC(=O)c1cccc2nccnc12. The zero-order valence-electron chi connectivity index (χ0n) is 9.35. The summed E-state index contributed by atoms with van der Waals surface area (Å²) < 4.78 is 0. The normalized spacial score (nSPS) is 12.4. The number of hydrogen-bond donors (Lipinski definition) is 1. The van der Waals surface area contributed by atoms with Crippen LogP contribution < -0.4 is 5.32 Å². The minimum absolute atomic E-state index is 0.0972. The second kappa shape index (κ2) is 5.10. The average molecular weight is 250 g/mol. The molecule has 1 unspecified atom stereocenters. The lowest BCUT2D eigenvalue weighted by Gasteiger charge is -2.07. The lowest BCUT2D eigenvalue weighted by atomic mass is 10.1. The van der Waals surface area contributed by atoms with Crippen molar-refractivity contribution < 1.29 is 4.79 Å². The molecule has 0 bridgehead atoms. The molecule has 5 heteroatoms. The standard InChI is InChI=1S/C12H12ClN3O/c1-8(13)7-16-12(17)9-3-2-4-10-11(9)15-6-5-14-10/h2-6,8H,7H2,1H3,(H,16,17). The molecule has 1 amide bonds. The Hall–Kier alpha value is -1.68. The summed E-state index contributed by atoms with van der Waals surface area (Å²) in [6.07, 6.45) is 3.17. The van der Waals surface area contributed by atoms with Gasteiger partial charge in [-0.25, -0.2) is 0 Å². The van der Waals surface area contributed by atoms with Crippen molar-refractivity contribution in [1.82, 2.24) is 15.3 Å². The third-order valence-electron chi connectivity index (χ3n) is 2.29. The number of rotatable bonds is 3. The van der Waals surface area contributed by atoms with Gasteiger partial charge in [0, 0.05) is 24.3 Å². The molecule has 17 heavy (non-hydrogen) atoms. The van der Waals surface area contributed by atoms with Crippen LogP contribution in [-0.2, 0) is 0 Å². The maximum atomic E-state index is 11.9. The number of amides is 1. The highest BCUT2D eigenvalue weighted by Gasteiger charge is 2.11. The fraction of sp³-hybridized carbons (Fsp3) is 0.250. The quantitative estimate of drug-likeness (QED) is 0.847. The van der Waals surface area contributed by atoms with Gasteiger partial charge in [-0.3, -0.25) is 14.8 Å². The number of para-hydroxylation sites is 1. The van der Waals surface area contributed by atoms with Crippen molar-refractivity contribution in [2.45, 2.75) is 12.3 Å². The van der Waals surface area contributed by atoms with Crippen LogP contribution in [0.3, 0.4) is 0 Å². The number of alkyl halides is 1. The molecular weight excluding hydrogens is 238 g/mol. The van der Waals surface area contributed by atoms with E-state index in [1.54, 1.807) is 24.5 Å². The molecule has 0 radical (unpaired) electrons. The molecule has 4 nitrogen and oxygen atoms in total.